The smallest absolute Gasteiger partial charge is 0.399 e. The molecule has 0 saturated carbocycles. The number of hydrazone groups is 1. The molecule has 0 atom stereocenters. The van der Waals surface area contributed by atoms with Gasteiger partial charge in [0.05, 0.1) is 23.1 Å². The van der Waals surface area contributed by atoms with Crippen LogP contribution in [0.4, 0.5) is 5.95 Å². The molecule has 2 N–H and O–H groups in total. The van der Waals surface area contributed by atoms with Crippen LogP contribution in [0.15, 0.2) is 88.8 Å². The molecule has 0 aliphatic carbocycles. The topological polar surface area (TPSA) is 112 Å². The molecule has 1 aliphatic rings. The number of hydrogen-bond acceptors (Lipinski definition) is 7. The van der Waals surface area contributed by atoms with Crippen molar-refractivity contribution < 1.29 is 9.31 Å². The maximum Gasteiger partial charge on any atom is 0.494 e. The van der Waals surface area contributed by atoms with Crippen LogP contribution in [0.1, 0.15) is 38.8 Å². The summed E-state index contributed by atoms with van der Waals surface area (Å²) in [6.07, 6.45) is 1.63. The predicted molar refractivity (Wildman–Crippen MR) is 154 cm³/mol. The van der Waals surface area contributed by atoms with E-state index in [1.165, 1.54) is 0 Å². The van der Waals surface area contributed by atoms with Crippen LogP contribution in [-0.4, -0.2) is 34.5 Å². The summed E-state index contributed by atoms with van der Waals surface area (Å²) < 4.78 is 12.4. The van der Waals surface area contributed by atoms with Crippen molar-refractivity contribution in [2.75, 3.05) is 5.43 Å². The molecular formula is C30H28BN5O3. The van der Waals surface area contributed by atoms with E-state index >= 15 is 0 Å². The van der Waals surface area contributed by atoms with Gasteiger partial charge >= 0.3 is 7.12 Å². The van der Waals surface area contributed by atoms with Crippen LogP contribution in [-0.2, 0) is 9.31 Å². The van der Waals surface area contributed by atoms with E-state index in [-0.39, 0.29) is 11.5 Å². The minimum atomic E-state index is -0.531. The van der Waals surface area contributed by atoms with Gasteiger partial charge in [-0.2, -0.15) is 10.4 Å². The zero-order valence-electron chi connectivity index (χ0n) is 22.2. The van der Waals surface area contributed by atoms with Crippen LogP contribution >= 0.6 is 0 Å². The number of aromatic nitrogens is 2. The van der Waals surface area contributed by atoms with Gasteiger partial charge in [-0.25, -0.2) is 10.4 Å². The molecule has 1 aliphatic heterocycles. The average molecular weight is 517 g/mol. The third kappa shape index (κ3) is 5.39. The number of anilines is 1. The fourth-order valence-electron chi connectivity index (χ4n) is 4.21. The quantitative estimate of drug-likeness (QED) is 0.218. The van der Waals surface area contributed by atoms with Crippen LogP contribution in [0.3, 0.4) is 0 Å². The average Bonchev–Trinajstić information content (AvgIpc) is 3.16. The third-order valence-electron chi connectivity index (χ3n) is 7.12. The van der Waals surface area contributed by atoms with Gasteiger partial charge in [0.15, 0.2) is 0 Å². The van der Waals surface area contributed by atoms with Crippen molar-refractivity contribution in [1.82, 2.24) is 9.97 Å². The molecule has 0 bridgehead atoms. The Labute approximate surface area is 227 Å². The predicted octanol–water partition coefficient (Wildman–Crippen LogP) is 4.72. The second-order valence-electron chi connectivity index (χ2n) is 10.3. The van der Waals surface area contributed by atoms with Gasteiger partial charge in [0.1, 0.15) is 11.6 Å². The Bertz CT molecular complexity index is 1610. The number of benzene rings is 3. The second kappa shape index (κ2) is 10.3. The van der Waals surface area contributed by atoms with E-state index in [0.717, 1.165) is 22.2 Å². The highest BCUT2D eigenvalue weighted by atomic mass is 16.7. The van der Waals surface area contributed by atoms with Crippen LogP contribution in [0.2, 0.25) is 0 Å². The fourth-order valence-corrected chi connectivity index (χ4v) is 4.21. The van der Waals surface area contributed by atoms with E-state index in [1.807, 2.05) is 88.4 Å². The molecule has 4 aromatic rings. The standard InChI is InChI=1S/C30H28BN5O3/c1-29(2)30(3,4)39-31(38-29)24-12-8-11-23(17-24)21-15-13-20(14-16-21)19-33-36-28-34-26(22-9-6-5-7-10-22)25(18-32)27(37)35-28/h5-17,19H,1-4H3,(H2,34,35,36,37). The minimum Gasteiger partial charge on any atom is -0.399 e. The lowest BCUT2D eigenvalue weighted by Crippen LogP contribution is -2.41. The van der Waals surface area contributed by atoms with Crippen molar-refractivity contribution in [3.63, 3.8) is 0 Å². The summed E-state index contributed by atoms with van der Waals surface area (Å²) in [5.41, 5.74) is 6.28. The summed E-state index contributed by atoms with van der Waals surface area (Å²) in [7, 11) is -0.419. The van der Waals surface area contributed by atoms with Gasteiger partial charge < -0.3 is 9.31 Å². The number of rotatable bonds is 6. The normalized spacial score (nSPS) is 15.8. The van der Waals surface area contributed by atoms with Crippen LogP contribution in [0, 0.1) is 11.3 Å². The van der Waals surface area contributed by atoms with E-state index in [0.29, 0.717) is 11.3 Å². The zero-order valence-corrected chi connectivity index (χ0v) is 22.2. The lowest BCUT2D eigenvalue weighted by Gasteiger charge is -2.32. The van der Waals surface area contributed by atoms with Gasteiger partial charge in [0, 0.05) is 5.56 Å². The van der Waals surface area contributed by atoms with Crippen molar-refractivity contribution in [1.29, 1.82) is 5.26 Å². The number of nitrogens with zero attached hydrogens (tertiary/aromatic N) is 3. The SMILES string of the molecule is CC1(C)OB(c2cccc(-c3ccc(C=NNc4nc(-c5ccccc5)c(C#N)c(=O)[nH]4)cc3)c2)OC1(C)C. The number of nitriles is 1. The summed E-state index contributed by atoms with van der Waals surface area (Å²) in [5.74, 6) is 0.144. The lowest BCUT2D eigenvalue weighted by atomic mass is 9.78. The Morgan fingerprint density at radius 1 is 0.923 bits per heavy atom. The Morgan fingerprint density at radius 2 is 1.59 bits per heavy atom. The molecular weight excluding hydrogens is 489 g/mol. The van der Waals surface area contributed by atoms with E-state index in [4.69, 9.17) is 9.31 Å². The van der Waals surface area contributed by atoms with Gasteiger partial charge in [-0.05, 0) is 49.8 Å². The van der Waals surface area contributed by atoms with Gasteiger partial charge in [-0.1, -0.05) is 78.9 Å². The first-order valence-electron chi connectivity index (χ1n) is 12.6. The first-order valence-corrected chi connectivity index (χ1v) is 12.6. The fraction of sp³-hybridized carbons (Fsp3) is 0.200. The molecule has 2 heterocycles. The Balaban J connectivity index is 1.30. The van der Waals surface area contributed by atoms with E-state index in [1.54, 1.807) is 18.3 Å². The molecule has 0 radical (unpaired) electrons. The maximum atomic E-state index is 12.4. The van der Waals surface area contributed by atoms with Crippen LogP contribution < -0.4 is 16.4 Å². The van der Waals surface area contributed by atoms with Crippen LogP contribution in [0.5, 0.6) is 0 Å². The van der Waals surface area contributed by atoms with Crippen molar-refractivity contribution in [2.24, 2.45) is 5.10 Å². The Kier molecular flexibility index (Phi) is 6.92. The first-order chi connectivity index (χ1) is 18.7. The number of nitrogens with one attached hydrogen (secondary N) is 2. The van der Waals surface area contributed by atoms with Crippen molar-refractivity contribution in [3.05, 3.63) is 100 Å². The van der Waals surface area contributed by atoms with Gasteiger partial charge in [0.2, 0.25) is 5.95 Å². The summed E-state index contributed by atoms with van der Waals surface area (Å²) in [6, 6.07) is 27.1. The molecule has 5 rings (SSSR count). The van der Waals surface area contributed by atoms with E-state index < -0.39 is 23.9 Å². The molecule has 1 aromatic heterocycles. The highest BCUT2D eigenvalue weighted by Gasteiger charge is 2.51. The van der Waals surface area contributed by atoms with E-state index in [2.05, 4.69) is 32.6 Å². The van der Waals surface area contributed by atoms with E-state index in [9.17, 15) is 10.1 Å². The molecule has 0 spiro atoms. The second-order valence-corrected chi connectivity index (χ2v) is 10.3. The van der Waals surface area contributed by atoms with Crippen LogP contribution in [0.25, 0.3) is 22.4 Å². The van der Waals surface area contributed by atoms with Gasteiger partial charge in [0.25, 0.3) is 5.56 Å². The lowest BCUT2D eigenvalue weighted by molar-refractivity contribution is 0.00578. The van der Waals surface area contributed by atoms with Crippen molar-refractivity contribution >= 4 is 24.7 Å². The van der Waals surface area contributed by atoms with Gasteiger partial charge in [-0.3, -0.25) is 9.78 Å². The molecule has 1 saturated heterocycles. The molecule has 194 valence electrons. The van der Waals surface area contributed by atoms with Gasteiger partial charge in [-0.15, -0.1) is 0 Å². The first kappa shape index (κ1) is 26.1. The maximum absolute atomic E-state index is 12.4. The molecule has 0 unspecified atom stereocenters. The summed E-state index contributed by atoms with van der Waals surface area (Å²) in [5, 5.41) is 13.6. The largest absolute Gasteiger partial charge is 0.494 e. The number of H-pyrrole nitrogens is 1. The summed E-state index contributed by atoms with van der Waals surface area (Å²) >= 11 is 0. The Morgan fingerprint density at radius 3 is 2.26 bits per heavy atom. The molecule has 8 nitrogen and oxygen atoms in total. The third-order valence-corrected chi connectivity index (χ3v) is 7.12. The number of hydrogen-bond donors (Lipinski definition) is 2. The minimum absolute atomic E-state index is 0.0473. The van der Waals surface area contributed by atoms with Crippen molar-refractivity contribution in [2.45, 2.75) is 38.9 Å². The molecule has 9 heteroatoms. The van der Waals surface area contributed by atoms with Crippen molar-refractivity contribution in [3.8, 4) is 28.5 Å². The monoisotopic (exact) mass is 517 g/mol. The highest BCUT2D eigenvalue weighted by molar-refractivity contribution is 6.62. The number of aromatic amines is 1. The zero-order chi connectivity index (χ0) is 27.6. The Hall–Kier alpha value is -4.52. The molecule has 0 amide bonds. The molecule has 1 fully saturated rings. The molecule has 3 aromatic carbocycles. The molecule has 39 heavy (non-hydrogen) atoms. The summed E-state index contributed by atoms with van der Waals surface area (Å²) in [4.78, 5) is 19.4. The summed E-state index contributed by atoms with van der Waals surface area (Å²) in [6.45, 7) is 8.18. The highest BCUT2D eigenvalue weighted by Crippen LogP contribution is 2.36.